The number of rotatable bonds is 10. The van der Waals surface area contributed by atoms with E-state index in [1.807, 2.05) is 72.2 Å². The van der Waals surface area contributed by atoms with Crippen LogP contribution < -0.4 is 14.9 Å². The van der Waals surface area contributed by atoms with Crippen molar-refractivity contribution in [2.45, 2.75) is 18.6 Å². The molecule has 0 aliphatic carbocycles. The molecule has 0 saturated carbocycles. The van der Waals surface area contributed by atoms with Crippen LogP contribution in [0.25, 0.3) is 22.5 Å². The average Bonchev–Trinajstić information content (AvgIpc) is 3.35. The topological polar surface area (TPSA) is 90.6 Å². The Morgan fingerprint density at radius 1 is 0.944 bits per heavy atom. The van der Waals surface area contributed by atoms with Crippen molar-refractivity contribution in [3.63, 3.8) is 0 Å². The maximum atomic E-state index is 12.3. The van der Waals surface area contributed by atoms with Crippen LogP contribution in [0.2, 0.25) is 0 Å². The van der Waals surface area contributed by atoms with Crippen LogP contribution in [0.15, 0.2) is 83.1 Å². The monoisotopic (exact) mass is 501 g/mol. The molecule has 4 aromatic rings. The van der Waals surface area contributed by atoms with Crippen molar-refractivity contribution in [1.29, 1.82) is 0 Å². The summed E-state index contributed by atoms with van der Waals surface area (Å²) in [6, 6.07) is 23.7. The van der Waals surface area contributed by atoms with Gasteiger partial charge in [0.2, 0.25) is 0 Å². The van der Waals surface area contributed by atoms with Crippen molar-refractivity contribution in [3.8, 4) is 34.0 Å². The third-order valence-corrected chi connectivity index (χ3v) is 6.39. The van der Waals surface area contributed by atoms with Crippen molar-refractivity contribution < 1.29 is 14.3 Å². The second-order valence-electron chi connectivity index (χ2n) is 7.69. The maximum absolute atomic E-state index is 12.3. The number of nitrogens with zero attached hydrogens (tertiary/aromatic N) is 4. The highest BCUT2D eigenvalue weighted by atomic mass is 32.2. The molecule has 0 saturated heterocycles. The summed E-state index contributed by atoms with van der Waals surface area (Å²) < 4.78 is 12.7. The van der Waals surface area contributed by atoms with Gasteiger partial charge in [-0.25, -0.2) is 5.43 Å². The molecule has 1 amide bonds. The molecule has 1 N–H and O–H groups in total. The van der Waals surface area contributed by atoms with Gasteiger partial charge < -0.3 is 14.0 Å². The van der Waals surface area contributed by atoms with Crippen LogP contribution in [0, 0.1) is 0 Å². The van der Waals surface area contributed by atoms with Gasteiger partial charge in [0.1, 0.15) is 0 Å². The van der Waals surface area contributed by atoms with Gasteiger partial charge in [-0.05, 0) is 41.8 Å². The maximum Gasteiger partial charge on any atom is 0.250 e. The van der Waals surface area contributed by atoms with Crippen LogP contribution in [0.5, 0.6) is 11.5 Å². The van der Waals surface area contributed by atoms with E-state index in [1.54, 1.807) is 20.4 Å². The summed E-state index contributed by atoms with van der Waals surface area (Å²) in [5.41, 5.74) is 6.60. The fraction of sp³-hybridized carbons (Fsp3) is 0.185. The molecule has 0 radical (unpaired) electrons. The number of methoxy groups -OCH3 is 2. The Morgan fingerprint density at radius 3 is 2.33 bits per heavy atom. The Morgan fingerprint density at radius 2 is 1.64 bits per heavy atom. The predicted molar refractivity (Wildman–Crippen MR) is 143 cm³/mol. The summed E-state index contributed by atoms with van der Waals surface area (Å²) in [7, 11) is 3.19. The highest BCUT2D eigenvalue weighted by Crippen LogP contribution is 2.32. The Bertz CT molecular complexity index is 1340. The zero-order chi connectivity index (χ0) is 25.3. The molecule has 1 heterocycles. The van der Waals surface area contributed by atoms with Gasteiger partial charge in [0, 0.05) is 12.1 Å². The molecule has 0 fully saturated rings. The number of ether oxygens (including phenoxy) is 2. The van der Waals surface area contributed by atoms with Gasteiger partial charge in [0.05, 0.1) is 26.2 Å². The lowest BCUT2D eigenvalue weighted by molar-refractivity contribution is -0.118. The molecule has 4 rings (SSSR count). The minimum Gasteiger partial charge on any atom is -0.493 e. The van der Waals surface area contributed by atoms with Gasteiger partial charge in [0.15, 0.2) is 22.5 Å². The van der Waals surface area contributed by atoms with E-state index in [2.05, 4.69) is 32.9 Å². The van der Waals surface area contributed by atoms with E-state index in [4.69, 9.17) is 9.47 Å². The molecule has 9 heteroatoms. The minimum absolute atomic E-state index is 0.161. The van der Waals surface area contributed by atoms with Gasteiger partial charge in [-0.15, -0.1) is 10.2 Å². The van der Waals surface area contributed by atoms with Crippen molar-refractivity contribution >= 4 is 23.9 Å². The fourth-order valence-electron chi connectivity index (χ4n) is 3.60. The van der Waals surface area contributed by atoms with Crippen LogP contribution in [-0.2, 0) is 11.3 Å². The predicted octanol–water partition coefficient (Wildman–Crippen LogP) is 4.89. The summed E-state index contributed by atoms with van der Waals surface area (Å²) in [5, 5.41) is 13.3. The lowest BCUT2D eigenvalue weighted by Gasteiger charge is -2.10. The number of carbonyl (C=O) groups is 1. The first-order valence-corrected chi connectivity index (χ1v) is 12.4. The van der Waals surface area contributed by atoms with Crippen molar-refractivity contribution in [1.82, 2.24) is 20.2 Å². The normalized spacial score (nSPS) is 11.0. The molecule has 0 aliphatic rings. The highest BCUT2D eigenvalue weighted by molar-refractivity contribution is 7.99. The zero-order valence-corrected chi connectivity index (χ0v) is 21.2. The Hall–Kier alpha value is -4.11. The van der Waals surface area contributed by atoms with Crippen molar-refractivity contribution in [2.75, 3.05) is 20.0 Å². The molecule has 0 atom stereocenters. The summed E-state index contributed by atoms with van der Waals surface area (Å²) in [5.74, 6) is 1.88. The number of benzene rings is 3. The van der Waals surface area contributed by atoms with E-state index < -0.39 is 0 Å². The number of carbonyl (C=O) groups excluding carboxylic acids is 1. The van der Waals surface area contributed by atoms with Crippen LogP contribution in [0.1, 0.15) is 12.5 Å². The second kappa shape index (κ2) is 12.0. The van der Waals surface area contributed by atoms with Gasteiger partial charge in [-0.2, -0.15) is 5.10 Å². The van der Waals surface area contributed by atoms with E-state index in [1.165, 1.54) is 11.8 Å². The summed E-state index contributed by atoms with van der Waals surface area (Å²) in [6.07, 6.45) is 1.63. The Kier molecular flexibility index (Phi) is 8.36. The van der Waals surface area contributed by atoms with Crippen LogP contribution >= 0.6 is 11.8 Å². The van der Waals surface area contributed by atoms with Crippen molar-refractivity contribution in [2.24, 2.45) is 5.10 Å². The Balaban J connectivity index is 1.34. The molecule has 3 aromatic carbocycles. The van der Waals surface area contributed by atoms with E-state index in [9.17, 15) is 4.79 Å². The number of hydrogen-bond acceptors (Lipinski definition) is 7. The smallest absolute Gasteiger partial charge is 0.250 e. The number of nitrogens with one attached hydrogen (secondary N) is 1. The van der Waals surface area contributed by atoms with Crippen molar-refractivity contribution in [3.05, 3.63) is 78.4 Å². The summed E-state index contributed by atoms with van der Waals surface area (Å²) in [4.78, 5) is 12.3. The molecule has 0 aliphatic heterocycles. The summed E-state index contributed by atoms with van der Waals surface area (Å²) in [6.45, 7) is 2.66. The highest BCUT2D eigenvalue weighted by Gasteiger charge is 2.16. The number of hydrazone groups is 1. The largest absolute Gasteiger partial charge is 0.493 e. The third kappa shape index (κ3) is 5.92. The van der Waals surface area contributed by atoms with Gasteiger partial charge >= 0.3 is 0 Å². The summed E-state index contributed by atoms with van der Waals surface area (Å²) >= 11 is 1.31. The van der Waals surface area contributed by atoms with Crippen LogP contribution in [0.3, 0.4) is 0 Å². The molecule has 8 nitrogen and oxygen atoms in total. The standard InChI is InChI=1S/C27H27N5O3S/c1-4-32-26(22-14-15-23(34-2)24(16-22)35-3)30-31-27(32)36-18-25(33)29-28-17-19-10-12-21(13-11-19)20-8-6-5-7-9-20/h5-17H,4,18H2,1-3H3,(H,29,33). The molecular weight excluding hydrogens is 474 g/mol. The Labute approximate surface area is 214 Å². The number of aromatic nitrogens is 3. The number of amides is 1. The third-order valence-electron chi connectivity index (χ3n) is 5.43. The first-order chi connectivity index (χ1) is 17.6. The minimum atomic E-state index is -0.226. The zero-order valence-electron chi connectivity index (χ0n) is 20.3. The molecule has 0 unspecified atom stereocenters. The van der Waals surface area contributed by atoms with E-state index in [-0.39, 0.29) is 11.7 Å². The quantitative estimate of drug-likeness (QED) is 0.189. The SMILES string of the molecule is CCn1c(SCC(=O)NN=Cc2ccc(-c3ccccc3)cc2)nnc1-c1ccc(OC)c(OC)c1. The molecule has 36 heavy (non-hydrogen) atoms. The van der Waals surface area contributed by atoms with E-state index in [0.29, 0.717) is 29.0 Å². The molecular formula is C27H27N5O3S. The van der Waals surface area contributed by atoms with Crippen LogP contribution in [0.4, 0.5) is 0 Å². The van der Waals surface area contributed by atoms with Crippen LogP contribution in [-0.4, -0.2) is 46.9 Å². The number of hydrogen-bond donors (Lipinski definition) is 1. The lowest BCUT2D eigenvalue weighted by Crippen LogP contribution is -2.20. The first kappa shape index (κ1) is 25.0. The molecule has 1 aromatic heterocycles. The molecule has 0 spiro atoms. The fourth-order valence-corrected chi connectivity index (χ4v) is 4.40. The first-order valence-electron chi connectivity index (χ1n) is 11.4. The molecule has 0 bridgehead atoms. The average molecular weight is 502 g/mol. The second-order valence-corrected chi connectivity index (χ2v) is 8.63. The lowest BCUT2D eigenvalue weighted by atomic mass is 10.0. The molecule has 184 valence electrons. The van der Waals surface area contributed by atoms with E-state index in [0.717, 1.165) is 22.3 Å². The van der Waals surface area contributed by atoms with E-state index >= 15 is 0 Å². The van der Waals surface area contributed by atoms with Gasteiger partial charge in [0.25, 0.3) is 5.91 Å². The van der Waals surface area contributed by atoms with Gasteiger partial charge in [-0.3, -0.25) is 4.79 Å². The number of thioether (sulfide) groups is 1. The van der Waals surface area contributed by atoms with Gasteiger partial charge in [-0.1, -0.05) is 66.4 Å².